The number of imidazole rings is 1. The Bertz CT molecular complexity index is 704. The van der Waals surface area contributed by atoms with E-state index < -0.39 is 5.60 Å². The minimum Gasteiger partial charge on any atom is -0.387 e. The Kier molecular flexibility index (Phi) is 4.32. The monoisotopic (exact) mass is 317 g/mol. The van der Waals surface area contributed by atoms with Crippen LogP contribution in [0.25, 0.3) is 11.2 Å². The van der Waals surface area contributed by atoms with Crippen LogP contribution >= 0.6 is 0 Å². The van der Waals surface area contributed by atoms with Gasteiger partial charge in [-0.2, -0.15) is 0 Å². The van der Waals surface area contributed by atoms with Crippen molar-refractivity contribution < 1.29 is 9.90 Å². The number of rotatable bonds is 5. The highest BCUT2D eigenvalue weighted by Gasteiger charge is 2.31. The fourth-order valence-corrected chi connectivity index (χ4v) is 2.83. The first-order valence-corrected chi connectivity index (χ1v) is 7.99. The molecular formula is C16H23N5O2. The minimum atomic E-state index is -0.855. The molecule has 0 spiro atoms. The molecule has 1 fully saturated rings. The van der Waals surface area contributed by atoms with E-state index in [-0.39, 0.29) is 12.5 Å². The fraction of sp³-hybridized carbons (Fsp3) is 0.562. The van der Waals surface area contributed by atoms with Gasteiger partial charge in [0.15, 0.2) is 5.65 Å². The van der Waals surface area contributed by atoms with Crippen molar-refractivity contribution >= 4 is 17.1 Å². The van der Waals surface area contributed by atoms with Crippen LogP contribution in [0, 0.1) is 5.92 Å². The molecule has 0 aliphatic carbocycles. The number of carbonyl (C=O) groups is 1. The van der Waals surface area contributed by atoms with Gasteiger partial charge in [0.05, 0.1) is 17.5 Å². The number of nitrogens with one attached hydrogen (secondary N) is 2. The highest BCUT2D eigenvalue weighted by molar-refractivity contribution is 5.96. The second kappa shape index (κ2) is 6.25. The standard InChI is InChI=1S/C16H23N5O2/c1-11(2)7-21-10-20-13-5-12(6-18-14(13)21)15(22)19-9-16(23)3-4-17-8-16/h5-6,10-11,17,23H,3-4,7-9H2,1-2H3,(H,19,22). The molecule has 3 rings (SSSR count). The first-order valence-electron chi connectivity index (χ1n) is 7.99. The third-order valence-corrected chi connectivity index (χ3v) is 4.08. The van der Waals surface area contributed by atoms with Gasteiger partial charge in [0, 0.05) is 25.8 Å². The van der Waals surface area contributed by atoms with Crippen molar-refractivity contribution in [1.82, 2.24) is 25.2 Å². The molecule has 0 bridgehead atoms. The summed E-state index contributed by atoms with van der Waals surface area (Å²) in [5.41, 5.74) is 1.10. The maximum Gasteiger partial charge on any atom is 0.253 e. The van der Waals surface area contributed by atoms with Crippen LogP contribution in [-0.4, -0.2) is 50.8 Å². The average molecular weight is 317 g/mol. The third kappa shape index (κ3) is 3.51. The summed E-state index contributed by atoms with van der Waals surface area (Å²) in [6.07, 6.45) is 3.96. The Hall–Kier alpha value is -1.99. The van der Waals surface area contributed by atoms with Gasteiger partial charge in [-0.1, -0.05) is 13.8 Å². The molecule has 1 aliphatic heterocycles. The van der Waals surface area contributed by atoms with Crippen LogP contribution in [0.5, 0.6) is 0 Å². The topological polar surface area (TPSA) is 92.1 Å². The summed E-state index contributed by atoms with van der Waals surface area (Å²) in [4.78, 5) is 21.0. The van der Waals surface area contributed by atoms with Gasteiger partial charge in [-0.15, -0.1) is 0 Å². The first-order chi connectivity index (χ1) is 11.0. The van der Waals surface area contributed by atoms with E-state index in [0.717, 1.165) is 18.7 Å². The lowest BCUT2D eigenvalue weighted by molar-refractivity contribution is 0.0562. The van der Waals surface area contributed by atoms with Gasteiger partial charge >= 0.3 is 0 Å². The lowest BCUT2D eigenvalue weighted by Gasteiger charge is -2.21. The Morgan fingerprint density at radius 3 is 3.04 bits per heavy atom. The van der Waals surface area contributed by atoms with Crippen molar-refractivity contribution in [1.29, 1.82) is 0 Å². The van der Waals surface area contributed by atoms with E-state index in [1.54, 1.807) is 18.6 Å². The second-order valence-corrected chi connectivity index (χ2v) is 6.69. The zero-order valence-electron chi connectivity index (χ0n) is 13.5. The summed E-state index contributed by atoms with van der Waals surface area (Å²) in [6, 6.07) is 1.74. The largest absolute Gasteiger partial charge is 0.387 e. The molecule has 1 amide bonds. The third-order valence-electron chi connectivity index (χ3n) is 4.08. The van der Waals surface area contributed by atoms with Gasteiger partial charge in [0.25, 0.3) is 5.91 Å². The van der Waals surface area contributed by atoms with Gasteiger partial charge in [0.1, 0.15) is 5.52 Å². The molecular weight excluding hydrogens is 294 g/mol. The fourth-order valence-electron chi connectivity index (χ4n) is 2.83. The number of hydrogen-bond acceptors (Lipinski definition) is 5. The number of β-amino-alcohol motifs (C(OH)–C–C–N with tert-alkyl or cyclic N) is 1. The van der Waals surface area contributed by atoms with Gasteiger partial charge in [-0.05, 0) is 24.9 Å². The molecule has 1 saturated heterocycles. The van der Waals surface area contributed by atoms with Crippen molar-refractivity contribution in [3.63, 3.8) is 0 Å². The van der Waals surface area contributed by atoms with Crippen molar-refractivity contribution in [2.24, 2.45) is 5.92 Å². The Morgan fingerprint density at radius 1 is 1.52 bits per heavy atom. The van der Waals surface area contributed by atoms with Crippen molar-refractivity contribution in [2.75, 3.05) is 19.6 Å². The Balaban J connectivity index is 1.71. The number of pyridine rings is 1. The molecule has 1 atom stereocenters. The van der Waals surface area contributed by atoms with Crippen LogP contribution in [0.4, 0.5) is 0 Å². The van der Waals surface area contributed by atoms with Crippen LogP contribution < -0.4 is 10.6 Å². The summed E-state index contributed by atoms with van der Waals surface area (Å²) in [6.45, 7) is 6.62. The predicted octanol–water partition coefficient (Wildman–Crippen LogP) is 0.541. The van der Waals surface area contributed by atoms with E-state index in [4.69, 9.17) is 0 Å². The maximum absolute atomic E-state index is 12.3. The number of hydrogen-bond donors (Lipinski definition) is 3. The lowest BCUT2D eigenvalue weighted by atomic mass is 10.0. The number of aliphatic hydroxyl groups is 1. The molecule has 3 N–H and O–H groups in total. The lowest BCUT2D eigenvalue weighted by Crippen LogP contribution is -2.44. The molecule has 3 heterocycles. The summed E-state index contributed by atoms with van der Waals surface area (Å²) in [5, 5.41) is 16.1. The summed E-state index contributed by atoms with van der Waals surface area (Å²) in [7, 11) is 0. The van der Waals surface area contributed by atoms with Crippen LogP contribution in [0.3, 0.4) is 0 Å². The molecule has 1 aliphatic rings. The maximum atomic E-state index is 12.3. The van der Waals surface area contributed by atoms with Gasteiger partial charge < -0.3 is 20.3 Å². The molecule has 0 aromatic carbocycles. The van der Waals surface area contributed by atoms with E-state index in [0.29, 0.717) is 30.0 Å². The molecule has 124 valence electrons. The van der Waals surface area contributed by atoms with Gasteiger partial charge in [-0.3, -0.25) is 4.79 Å². The molecule has 0 radical (unpaired) electrons. The van der Waals surface area contributed by atoms with Crippen LogP contribution in [0.15, 0.2) is 18.6 Å². The summed E-state index contributed by atoms with van der Waals surface area (Å²) < 4.78 is 1.99. The van der Waals surface area contributed by atoms with E-state index in [1.165, 1.54) is 0 Å². The average Bonchev–Trinajstić information content (AvgIpc) is 3.11. The van der Waals surface area contributed by atoms with E-state index in [2.05, 4.69) is 34.4 Å². The van der Waals surface area contributed by atoms with E-state index in [1.807, 2.05) is 4.57 Å². The molecule has 0 saturated carbocycles. The minimum absolute atomic E-state index is 0.235. The number of fused-ring (bicyclic) bond motifs is 1. The molecule has 23 heavy (non-hydrogen) atoms. The van der Waals surface area contributed by atoms with Crippen molar-refractivity contribution in [3.8, 4) is 0 Å². The normalized spacial score (nSPS) is 21.2. The molecule has 2 aromatic rings. The Morgan fingerprint density at radius 2 is 2.35 bits per heavy atom. The van der Waals surface area contributed by atoms with Gasteiger partial charge in [-0.25, -0.2) is 9.97 Å². The van der Waals surface area contributed by atoms with E-state index >= 15 is 0 Å². The number of amides is 1. The van der Waals surface area contributed by atoms with E-state index in [9.17, 15) is 9.90 Å². The highest BCUT2D eigenvalue weighted by atomic mass is 16.3. The van der Waals surface area contributed by atoms with Crippen LogP contribution in [0.2, 0.25) is 0 Å². The number of aromatic nitrogens is 3. The Labute approximate surface area is 135 Å². The predicted molar refractivity (Wildman–Crippen MR) is 87.1 cm³/mol. The van der Waals surface area contributed by atoms with Crippen LogP contribution in [-0.2, 0) is 6.54 Å². The summed E-state index contributed by atoms with van der Waals surface area (Å²) >= 11 is 0. The quantitative estimate of drug-likeness (QED) is 0.749. The number of nitrogens with zero attached hydrogens (tertiary/aromatic N) is 3. The molecule has 1 unspecified atom stereocenters. The molecule has 7 heteroatoms. The summed E-state index contributed by atoms with van der Waals surface area (Å²) in [5.74, 6) is 0.260. The molecule has 2 aromatic heterocycles. The van der Waals surface area contributed by atoms with Gasteiger partial charge in [0.2, 0.25) is 0 Å². The second-order valence-electron chi connectivity index (χ2n) is 6.69. The highest BCUT2D eigenvalue weighted by Crippen LogP contribution is 2.15. The number of carbonyl (C=O) groups excluding carboxylic acids is 1. The van der Waals surface area contributed by atoms with Crippen molar-refractivity contribution in [2.45, 2.75) is 32.4 Å². The first kappa shape index (κ1) is 15.9. The zero-order valence-corrected chi connectivity index (χ0v) is 13.5. The zero-order chi connectivity index (χ0) is 16.4. The smallest absolute Gasteiger partial charge is 0.253 e. The molecule has 7 nitrogen and oxygen atoms in total. The van der Waals surface area contributed by atoms with Crippen LogP contribution in [0.1, 0.15) is 30.6 Å². The van der Waals surface area contributed by atoms with Crippen molar-refractivity contribution in [3.05, 3.63) is 24.2 Å². The SMILES string of the molecule is CC(C)Cn1cnc2cc(C(=O)NCC3(O)CCNC3)cnc21.